The molecule has 0 saturated heterocycles. The summed E-state index contributed by atoms with van der Waals surface area (Å²) in [5.74, 6) is -1.13. The molecule has 2 aromatic heterocycles. The minimum atomic E-state index is -4.55. The molecule has 0 aliphatic heterocycles. The highest BCUT2D eigenvalue weighted by Gasteiger charge is 2.31. The van der Waals surface area contributed by atoms with Crippen molar-refractivity contribution >= 4 is 34.5 Å². The molecule has 4 nitrogen and oxygen atoms in total. The summed E-state index contributed by atoms with van der Waals surface area (Å²) in [5.41, 5.74) is 0.792. The smallest absolute Gasteiger partial charge is 0.326 e. The van der Waals surface area contributed by atoms with Gasteiger partial charge in [-0.3, -0.25) is 4.79 Å². The van der Waals surface area contributed by atoms with Crippen LogP contribution < -0.4 is 5.32 Å². The molecule has 3 aromatic rings. The summed E-state index contributed by atoms with van der Waals surface area (Å²) in [7, 11) is 0. The lowest BCUT2D eigenvalue weighted by Gasteiger charge is -2.16. The highest BCUT2D eigenvalue weighted by atomic mass is 35.5. The summed E-state index contributed by atoms with van der Waals surface area (Å²) in [6.45, 7) is 3.73. The molecule has 160 valence electrons. The van der Waals surface area contributed by atoms with Crippen molar-refractivity contribution in [2.75, 3.05) is 5.32 Å². The lowest BCUT2D eigenvalue weighted by Crippen LogP contribution is -2.21. The first kappa shape index (κ1) is 22.3. The Balaban J connectivity index is 1.63. The first-order valence-electron chi connectivity index (χ1n) is 9.02. The van der Waals surface area contributed by atoms with Crippen LogP contribution in [0.5, 0.6) is 0 Å². The summed E-state index contributed by atoms with van der Waals surface area (Å²) in [5, 5.41) is 5.99. The van der Waals surface area contributed by atoms with Crippen molar-refractivity contribution in [1.82, 2.24) is 9.78 Å². The minimum Gasteiger partial charge on any atom is -0.326 e. The average molecular weight is 460 g/mol. The van der Waals surface area contributed by atoms with Gasteiger partial charge in [0.1, 0.15) is 5.82 Å². The fraction of sp³-hybridized carbons (Fsp3) is 0.300. The van der Waals surface area contributed by atoms with Gasteiger partial charge in [-0.2, -0.15) is 9.78 Å². The highest BCUT2D eigenvalue weighted by molar-refractivity contribution is 7.15. The number of halogens is 5. The molecule has 1 aromatic carbocycles. The number of anilines is 1. The summed E-state index contributed by atoms with van der Waals surface area (Å²) >= 11 is 7.10. The van der Waals surface area contributed by atoms with Crippen LogP contribution in [0, 0.1) is 11.7 Å². The van der Waals surface area contributed by atoms with Crippen LogP contribution in [0.3, 0.4) is 0 Å². The van der Waals surface area contributed by atoms with Gasteiger partial charge in [-0.05, 0) is 42.7 Å². The largest absolute Gasteiger partial charge is 0.504 e. The van der Waals surface area contributed by atoms with E-state index in [4.69, 9.17) is 11.6 Å². The van der Waals surface area contributed by atoms with E-state index in [0.717, 1.165) is 11.1 Å². The van der Waals surface area contributed by atoms with Gasteiger partial charge in [0.2, 0.25) is 5.91 Å². The van der Waals surface area contributed by atoms with Crippen molar-refractivity contribution in [1.29, 1.82) is 0 Å². The summed E-state index contributed by atoms with van der Waals surface area (Å²) in [4.78, 5) is 14.1. The number of benzene rings is 1. The third kappa shape index (κ3) is 5.20. The Morgan fingerprint density at radius 2 is 2.00 bits per heavy atom. The van der Waals surface area contributed by atoms with Crippen molar-refractivity contribution < 1.29 is 22.4 Å². The second-order valence-electron chi connectivity index (χ2n) is 7.00. The number of hydrogen-bond donors (Lipinski definition) is 1. The Morgan fingerprint density at radius 1 is 1.27 bits per heavy atom. The quantitative estimate of drug-likeness (QED) is 0.419. The summed E-state index contributed by atoms with van der Waals surface area (Å²) in [6, 6.07) is 7.55. The third-order valence-corrected chi connectivity index (χ3v) is 6.24. The first-order chi connectivity index (χ1) is 14.0. The van der Waals surface area contributed by atoms with Gasteiger partial charge < -0.3 is 5.32 Å². The van der Waals surface area contributed by atoms with Crippen molar-refractivity contribution in [3.63, 3.8) is 0 Å². The third-order valence-electron chi connectivity index (χ3n) is 4.58. The van der Waals surface area contributed by atoms with Crippen LogP contribution in [0.4, 0.5) is 23.2 Å². The van der Waals surface area contributed by atoms with Gasteiger partial charge in [-0.15, -0.1) is 24.5 Å². The normalized spacial score (nSPS) is 13.8. The molecule has 1 amide bonds. The van der Waals surface area contributed by atoms with Crippen LogP contribution in [-0.2, 0) is 11.1 Å². The van der Waals surface area contributed by atoms with Crippen LogP contribution >= 0.6 is 22.9 Å². The molecule has 0 spiro atoms. The maximum absolute atomic E-state index is 13.2. The van der Waals surface area contributed by atoms with Crippen molar-refractivity contribution in [3.05, 3.63) is 58.4 Å². The Kier molecular flexibility index (Phi) is 6.52. The van der Waals surface area contributed by atoms with E-state index in [9.17, 15) is 22.4 Å². The molecule has 2 atom stereocenters. The van der Waals surface area contributed by atoms with E-state index in [1.807, 2.05) is 13.0 Å². The number of nitrogens with zero attached hydrogens (tertiary/aromatic N) is 2. The molecule has 0 unspecified atom stereocenters. The first-order valence-corrected chi connectivity index (χ1v) is 10.2. The van der Waals surface area contributed by atoms with E-state index in [1.165, 1.54) is 35.7 Å². The monoisotopic (exact) mass is 459 g/mol. The number of aromatic nitrogens is 2. The van der Waals surface area contributed by atoms with Gasteiger partial charge in [-0.25, -0.2) is 4.39 Å². The van der Waals surface area contributed by atoms with Crippen molar-refractivity contribution in [2.24, 2.45) is 5.92 Å². The Labute approximate surface area is 179 Å². The Hall–Kier alpha value is -2.39. The van der Waals surface area contributed by atoms with E-state index in [2.05, 4.69) is 10.4 Å². The highest BCUT2D eigenvalue weighted by Crippen LogP contribution is 2.35. The molecular formula is C20H18ClF4N3OS. The maximum atomic E-state index is 13.2. The van der Waals surface area contributed by atoms with E-state index in [0.29, 0.717) is 22.5 Å². The van der Waals surface area contributed by atoms with Crippen LogP contribution in [0.1, 0.15) is 31.1 Å². The van der Waals surface area contributed by atoms with Gasteiger partial charge in [0.25, 0.3) is 0 Å². The van der Waals surface area contributed by atoms with E-state index < -0.39 is 12.1 Å². The molecule has 0 aliphatic rings. The Morgan fingerprint density at radius 3 is 2.63 bits per heavy atom. The van der Waals surface area contributed by atoms with Gasteiger partial charge >= 0.3 is 6.30 Å². The van der Waals surface area contributed by atoms with Gasteiger partial charge in [-0.1, -0.05) is 25.4 Å². The van der Waals surface area contributed by atoms with E-state index >= 15 is 0 Å². The number of thiophene rings is 1. The molecule has 0 fully saturated rings. The molecule has 1 N–H and O–H groups in total. The van der Waals surface area contributed by atoms with Crippen LogP contribution in [0.2, 0.25) is 5.02 Å². The SMILES string of the molecule is C[C@H](C[C@H](C)c1ccc(-c2cnn(C(F)(F)F)c2)s1)C(=O)Nc1ccc(F)c(Cl)c1. The zero-order valence-electron chi connectivity index (χ0n) is 16.0. The van der Waals surface area contributed by atoms with Crippen LogP contribution in [-0.4, -0.2) is 15.7 Å². The standard InChI is InChI=1S/C20H18ClF4N3OS/c1-11(7-12(2)19(29)27-14-3-4-16(22)15(21)8-14)17-5-6-18(30-17)13-9-26-28(10-13)20(23,24)25/h3-6,8-12H,7H2,1-2H3,(H,27,29)/t11-,12+/m0/s1. The van der Waals surface area contributed by atoms with Crippen LogP contribution in [0.15, 0.2) is 42.7 Å². The molecule has 2 heterocycles. The lowest BCUT2D eigenvalue weighted by molar-refractivity contribution is -0.212. The summed E-state index contributed by atoms with van der Waals surface area (Å²) in [6.07, 6.45) is -1.90. The molecule has 0 radical (unpaired) electrons. The topological polar surface area (TPSA) is 46.9 Å². The van der Waals surface area contributed by atoms with Gasteiger partial charge in [0.15, 0.2) is 0 Å². The average Bonchev–Trinajstić information content (AvgIpc) is 3.33. The lowest BCUT2D eigenvalue weighted by atomic mass is 9.95. The number of carbonyl (C=O) groups excluding carboxylic acids is 1. The zero-order chi connectivity index (χ0) is 22.1. The number of hydrogen-bond acceptors (Lipinski definition) is 3. The fourth-order valence-corrected chi connectivity index (χ4v) is 4.18. The molecule has 0 saturated carbocycles. The van der Waals surface area contributed by atoms with Crippen molar-refractivity contribution in [2.45, 2.75) is 32.5 Å². The molecule has 30 heavy (non-hydrogen) atoms. The number of nitrogens with one attached hydrogen (secondary N) is 1. The summed E-state index contributed by atoms with van der Waals surface area (Å²) < 4.78 is 51.3. The van der Waals surface area contributed by atoms with E-state index in [-0.39, 0.29) is 27.4 Å². The van der Waals surface area contributed by atoms with Gasteiger partial charge in [0, 0.05) is 33.1 Å². The number of alkyl halides is 3. The molecule has 0 bridgehead atoms. The Bertz CT molecular complexity index is 1050. The predicted molar refractivity (Wildman–Crippen MR) is 109 cm³/mol. The maximum Gasteiger partial charge on any atom is 0.504 e. The molecule has 0 aliphatic carbocycles. The number of rotatable bonds is 6. The molecule has 10 heteroatoms. The minimum absolute atomic E-state index is 0.0129. The molecule has 3 rings (SSSR count). The van der Waals surface area contributed by atoms with E-state index in [1.54, 1.807) is 13.0 Å². The second kappa shape index (κ2) is 8.77. The zero-order valence-corrected chi connectivity index (χ0v) is 17.6. The van der Waals surface area contributed by atoms with Crippen LogP contribution in [0.25, 0.3) is 10.4 Å². The molecular weight excluding hydrogens is 442 g/mol. The second-order valence-corrected chi connectivity index (χ2v) is 8.52. The number of carbonyl (C=O) groups is 1. The predicted octanol–water partition coefficient (Wildman–Crippen LogP) is 6.65. The number of amides is 1. The fourth-order valence-electron chi connectivity index (χ4n) is 2.95. The van der Waals surface area contributed by atoms with Gasteiger partial charge in [0.05, 0.1) is 11.2 Å². The van der Waals surface area contributed by atoms with Crippen molar-refractivity contribution in [3.8, 4) is 10.4 Å².